The van der Waals surface area contributed by atoms with E-state index in [4.69, 9.17) is 17.0 Å². The van der Waals surface area contributed by atoms with Gasteiger partial charge in [-0.1, -0.05) is 6.07 Å². The summed E-state index contributed by atoms with van der Waals surface area (Å²) in [4.78, 5) is 6.59. The molecule has 1 atom stereocenters. The zero-order chi connectivity index (χ0) is 13.9. The minimum absolute atomic E-state index is 0.125. The van der Waals surface area contributed by atoms with Crippen molar-refractivity contribution < 1.29 is 4.74 Å². The normalized spacial score (nSPS) is 20.1. The molecule has 0 radical (unpaired) electrons. The van der Waals surface area contributed by atoms with E-state index in [9.17, 15) is 0 Å². The molecule has 1 unspecified atom stereocenters. The lowest BCUT2D eigenvalue weighted by atomic mass is 10.2. The SMILES string of the molecule is CN1CCOC(Cn2c(-c3ccccn3)n[nH]c2=S)C1. The molecule has 2 aromatic heterocycles. The van der Waals surface area contributed by atoms with Crippen LogP contribution in [0.3, 0.4) is 0 Å². The molecule has 106 valence electrons. The van der Waals surface area contributed by atoms with Crippen molar-refractivity contribution in [1.29, 1.82) is 0 Å². The second-order valence-corrected chi connectivity index (χ2v) is 5.32. The van der Waals surface area contributed by atoms with Gasteiger partial charge < -0.3 is 9.64 Å². The topological polar surface area (TPSA) is 59.0 Å². The van der Waals surface area contributed by atoms with Gasteiger partial charge in [0.25, 0.3) is 0 Å². The van der Waals surface area contributed by atoms with Gasteiger partial charge in [-0.05, 0) is 31.4 Å². The number of aromatic amines is 1. The number of morpholine rings is 1. The van der Waals surface area contributed by atoms with E-state index in [1.54, 1.807) is 6.20 Å². The number of nitrogens with zero attached hydrogens (tertiary/aromatic N) is 4. The highest BCUT2D eigenvalue weighted by Crippen LogP contribution is 2.16. The largest absolute Gasteiger partial charge is 0.374 e. The van der Waals surface area contributed by atoms with Crippen LogP contribution in [0.15, 0.2) is 24.4 Å². The molecule has 0 aliphatic carbocycles. The third kappa shape index (κ3) is 2.79. The first-order valence-corrected chi connectivity index (χ1v) is 7.01. The molecule has 0 bridgehead atoms. The van der Waals surface area contributed by atoms with Crippen LogP contribution >= 0.6 is 12.2 Å². The first kappa shape index (κ1) is 13.4. The quantitative estimate of drug-likeness (QED) is 0.865. The van der Waals surface area contributed by atoms with E-state index in [0.29, 0.717) is 11.3 Å². The maximum atomic E-state index is 5.80. The molecule has 20 heavy (non-hydrogen) atoms. The van der Waals surface area contributed by atoms with Gasteiger partial charge in [-0.3, -0.25) is 14.6 Å². The van der Waals surface area contributed by atoms with E-state index in [-0.39, 0.29) is 6.10 Å². The van der Waals surface area contributed by atoms with Crippen LogP contribution in [0, 0.1) is 4.77 Å². The summed E-state index contributed by atoms with van der Waals surface area (Å²) in [5, 5.41) is 7.13. The molecular weight excluding hydrogens is 274 g/mol. The molecule has 3 heterocycles. The summed E-state index contributed by atoms with van der Waals surface area (Å²) in [5.41, 5.74) is 0.809. The molecule has 1 aliphatic rings. The fraction of sp³-hybridized carbons (Fsp3) is 0.462. The van der Waals surface area contributed by atoms with Crippen molar-refractivity contribution >= 4 is 12.2 Å². The second-order valence-electron chi connectivity index (χ2n) is 4.93. The van der Waals surface area contributed by atoms with Gasteiger partial charge in [-0.15, -0.1) is 0 Å². The average molecular weight is 291 g/mol. The van der Waals surface area contributed by atoms with Crippen molar-refractivity contribution in [3.8, 4) is 11.5 Å². The molecule has 6 nitrogen and oxygen atoms in total. The first-order valence-electron chi connectivity index (χ1n) is 6.61. The van der Waals surface area contributed by atoms with E-state index >= 15 is 0 Å². The number of rotatable bonds is 3. The molecule has 3 rings (SSSR count). The Labute approximate surface area is 122 Å². The lowest BCUT2D eigenvalue weighted by molar-refractivity contribution is -0.0274. The van der Waals surface area contributed by atoms with Crippen LogP contribution in [0.1, 0.15) is 0 Å². The maximum absolute atomic E-state index is 5.80. The minimum atomic E-state index is 0.125. The molecule has 1 N–H and O–H groups in total. The number of hydrogen-bond acceptors (Lipinski definition) is 5. The van der Waals surface area contributed by atoms with Crippen molar-refractivity contribution in [2.45, 2.75) is 12.6 Å². The molecule has 1 aliphatic heterocycles. The smallest absolute Gasteiger partial charge is 0.195 e. The number of likely N-dealkylation sites (N-methyl/N-ethyl adjacent to an activating group) is 1. The highest BCUT2D eigenvalue weighted by atomic mass is 32.1. The molecule has 0 saturated carbocycles. The molecule has 2 aromatic rings. The van der Waals surface area contributed by atoms with Crippen LogP contribution in [-0.2, 0) is 11.3 Å². The van der Waals surface area contributed by atoms with Gasteiger partial charge in [0.2, 0.25) is 0 Å². The molecule has 0 amide bonds. The molecule has 1 fully saturated rings. The van der Waals surface area contributed by atoms with E-state index < -0.39 is 0 Å². The Kier molecular flexibility index (Phi) is 3.90. The molecular formula is C13H17N5OS. The lowest BCUT2D eigenvalue weighted by Crippen LogP contribution is -2.42. The summed E-state index contributed by atoms with van der Waals surface area (Å²) < 4.78 is 8.36. The third-order valence-corrected chi connectivity index (χ3v) is 3.69. The van der Waals surface area contributed by atoms with Gasteiger partial charge in [-0.25, -0.2) is 0 Å². The fourth-order valence-electron chi connectivity index (χ4n) is 2.36. The number of H-pyrrole nitrogens is 1. The van der Waals surface area contributed by atoms with Gasteiger partial charge in [0.05, 0.1) is 19.3 Å². The summed E-state index contributed by atoms with van der Waals surface area (Å²) in [6, 6.07) is 5.75. The molecule has 0 aromatic carbocycles. The van der Waals surface area contributed by atoms with Crippen molar-refractivity contribution in [1.82, 2.24) is 24.6 Å². The lowest BCUT2D eigenvalue weighted by Gasteiger charge is -2.30. The summed E-state index contributed by atoms with van der Waals surface area (Å²) in [7, 11) is 2.10. The van der Waals surface area contributed by atoms with Crippen LogP contribution in [0.25, 0.3) is 11.5 Å². The number of nitrogens with one attached hydrogen (secondary N) is 1. The second kappa shape index (κ2) is 5.82. The van der Waals surface area contributed by atoms with Gasteiger partial charge in [0.15, 0.2) is 10.6 Å². The third-order valence-electron chi connectivity index (χ3n) is 3.38. The van der Waals surface area contributed by atoms with E-state index in [0.717, 1.165) is 31.2 Å². The molecule has 0 spiro atoms. The average Bonchev–Trinajstić information content (AvgIpc) is 2.81. The standard InChI is InChI=1S/C13H17N5OS/c1-17-6-7-19-10(8-17)9-18-12(15-16-13(18)20)11-4-2-3-5-14-11/h2-5,10H,6-9H2,1H3,(H,16,20). The van der Waals surface area contributed by atoms with E-state index in [1.165, 1.54) is 0 Å². The van der Waals surface area contributed by atoms with E-state index in [1.807, 2.05) is 22.8 Å². The predicted octanol–water partition coefficient (Wildman–Crippen LogP) is 1.33. The summed E-state index contributed by atoms with van der Waals surface area (Å²) in [6.45, 7) is 3.31. The maximum Gasteiger partial charge on any atom is 0.195 e. The molecule has 7 heteroatoms. The van der Waals surface area contributed by atoms with Crippen LogP contribution in [0.4, 0.5) is 0 Å². The van der Waals surface area contributed by atoms with Crippen LogP contribution < -0.4 is 0 Å². The number of hydrogen-bond donors (Lipinski definition) is 1. The van der Waals surface area contributed by atoms with Gasteiger partial charge >= 0.3 is 0 Å². The zero-order valence-electron chi connectivity index (χ0n) is 11.3. The van der Waals surface area contributed by atoms with Crippen molar-refractivity contribution in [3.63, 3.8) is 0 Å². The zero-order valence-corrected chi connectivity index (χ0v) is 12.1. The van der Waals surface area contributed by atoms with Gasteiger partial charge in [0, 0.05) is 19.3 Å². The highest BCUT2D eigenvalue weighted by Gasteiger charge is 2.20. The van der Waals surface area contributed by atoms with Crippen molar-refractivity contribution in [2.24, 2.45) is 0 Å². The summed E-state index contributed by atoms with van der Waals surface area (Å²) in [6.07, 6.45) is 1.88. The van der Waals surface area contributed by atoms with Gasteiger partial charge in [-0.2, -0.15) is 5.10 Å². The summed E-state index contributed by atoms with van der Waals surface area (Å²) >= 11 is 5.32. The Hall–Kier alpha value is -1.57. The van der Waals surface area contributed by atoms with Crippen molar-refractivity contribution in [3.05, 3.63) is 29.2 Å². The van der Waals surface area contributed by atoms with Crippen LogP contribution in [-0.4, -0.2) is 57.5 Å². The van der Waals surface area contributed by atoms with Crippen molar-refractivity contribution in [2.75, 3.05) is 26.7 Å². The Morgan fingerprint density at radius 1 is 1.50 bits per heavy atom. The fourth-order valence-corrected chi connectivity index (χ4v) is 2.57. The highest BCUT2D eigenvalue weighted by molar-refractivity contribution is 7.71. The van der Waals surface area contributed by atoms with Gasteiger partial charge in [0.1, 0.15) is 5.69 Å². The number of pyridine rings is 1. The Bertz CT molecular complexity index is 623. The number of ether oxygens (including phenoxy) is 1. The molecule has 1 saturated heterocycles. The minimum Gasteiger partial charge on any atom is -0.374 e. The van der Waals surface area contributed by atoms with Crippen LogP contribution in [0.2, 0.25) is 0 Å². The monoisotopic (exact) mass is 291 g/mol. The van der Waals surface area contributed by atoms with Crippen LogP contribution in [0.5, 0.6) is 0 Å². The Morgan fingerprint density at radius 2 is 2.40 bits per heavy atom. The first-order chi connectivity index (χ1) is 9.74. The van der Waals surface area contributed by atoms with E-state index in [2.05, 4.69) is 27.1 Å². The Morgan fingerprint density at radius 3 is 3.15 bits per heavy atom. The Balaban J connectivity index is 1.86. The predicted molar refractivity (Wildman–Crippen MR) is 77.9 cm³/mol. The summed E-state index contributed by atoms with van der Waals surface area (Å²) in [5.74, 6) is 0.757. The number of aromatic nitrogens is 4.